The van der Waals surface area contributed by atoms with E-state index < -0.39 is 40.0 Å². The van der Waals surface area contributed by atoms with Crippen molar-refractivity contribution in [1.29, 1.82) is 0 Å². The second kappa shape index (κ2) is 4.84. The molecule has 2 nitrogen and oxygen atoms in total. The Morgan fingerprint density at radius 3 is 1.42 bits per heavy atom. The van der Waals surface area contributed by atoms with Crippen molar-refractivity contribution in [3.63, 3.8) is 0 Å². The maximum Gasteiger partial charge on any atom is 0.499 e. The van der Waals surface area contributed by atoms with Crippen LogP contribution < -0.4 is 0 Å². The van der Waals surface area contributed by atoms with Crippen LogP contribution in [0.4, 0.5) is 24.8 Å². The molecule has 19 heavy (non-hydrogen) atoms. The lowest BCUT2D eigenvalue weighted by Crippen LogP contribution is -2.60. The zero-order valence-electron chi connectivity index (χ0n) is 7.78. The molecule has 0 aliphatic rings. The summed E-state index contributed by atoms with van der Waals surface area (Å²) in [5.41, 5.74) is -6.86. The van der Waals surface area contributed by atoms with Crippen LogP contribution in [0.25, 0.3) is 0 Å². The Morgan fingerprint density at radius 1 is 0.947 bits per heavy atom. The Morgan fingerprint density at radius 2 is 1.26 bits per heavy atom. The first-order chi connectivity index (χ1) is 7.76. The fourth-order valence-corrected chi connectivity index (χ4v) is 15.0. The Kier molecular flexibility index (Phi) is 5.26. The van der Waals surface area contributed by atoms with E-state index in [4.69, 9.17) is 23.2 Å². The molecule has 0 aromatic rings. The first-order valence-electron chi connectivity index (χ1n) is 3.34. The summed E-state index contributed by atoms with van der Waals surface area (Å²) in [6.07, 6.45) is 0. The standard InChI is InChI=1S/C3HCl5F6O2S3/c4-1(5)17-19(14,16,3(9,10)11)18(12,13,15)2(6,7)8/h1H. The van der Waals surface area contributed by atoms with Gasteiger partial charge in [0.1, 0.15) is 0 Å². The van der Waals surface area contributed by atoms with Gasteiger partial charge >= 0.3 is 8.63 Å². The first-order valence-corrected chi connectivity index (χ1v) is 10.9. The van der Waals surface area contributed by atoms with Crippen molar-refractivity contribution in [1.82, 2.24) is 0 Å². The lowest BCUT2D eigenvalue weighted by molar-refractivity contribution is -0.0451. The summed E-state index contributed by atoms with van der Waals surface area (Å²) < 4.78 is 93.7. The molecule has 0 saturated heterocycles. The molecule has 120 valence electrons. The van der Waals surface area contributed by atoms with Crippen LogP contribution in [0.2, 0.25) is 0 Å². The van der Waals surface area contributed by atoms with Crippen LogP contribution in [-0.4, -0.2) is 21.2 Å². The fraction of sp³-hybridized carbons (Fsp3) is 1.00. The average Bonchev–Trinajstić information content (AvgIpc) is 1.94. The van der Waals surface area contributed by atoms with Gasteiger partial charge in [-0.25, -0.2) is 8.42 Å². The third-order valence-electron chi connectivity index (χ3n) is 1.44. The lowest BCUT2D eigenvalue weighted by Gasteiger charge is -2.47. The Labute approximate surface area is 130 Å². The number of hydrogen-bond acceptors (Lipinski definition) is 3. The van der Waals surface area contributed by atoms with E-state index in [1.165, 1.54) is 0 Å². The quantitative estimate of drug-likeness (QED) is 0.245. The van der Waals surface area contributed by atoms with Crippen LogP contribution in [0.1, 0.15) is 0 Å². The molecule has 0 saturated carbocycles. The van der Waals surface area contributed by atoms with Crippen molar-refractivity contribution in [2.45, 2.75) is 12.8 Å². The normalized spacial score (nSPS) is 19.6. The smallest absolute Gasteiger partial charge is 0.218 e. The van der Waals surface area contributed by atoms with E-state index in [0.717, 1.165) is 0 Å². The summed E-state index contributed by atoms with van der Waals surface area (Å²) in [5.74, 6) is 0. The van der Waals surface area contributed by atoms with Gasteiger partial charge in [0, 0.05) is 10.8 Å². The molecule has 16 heteroatoms. The van der Waals surface area contributed by atoms with E-state index in [2.05, 4.69) is 34.8 Å². The van der Waals surface area contributed by atoms with E-state index in [0.29, 0.717) is 0 Å². The van der Waals surface area contributed by atoms with Crippen molar-refractivity contribution in [2.75, 3.05) is 0 Å². The second-order valence-electron chi connectivity index (χ2n) is 2.67. The Bertz CT molecular complexity index is 505. The summed E-state index contributed by atoms with van der Waals surface area (Å²) in [5, 5.41) is 0. The van der Waals surface area contributed by atoms with Gasteiger partial charge in [0.05, 0.1) is 0 Å². The van der Waals surface area contributed by atoms with Crippen LogP contribution in [0, 0.1) is 0 Å². The largest absolute Gasteiger partial charge is 0.499 e. The third-order valence-corrected chi connectivity index (χ3v) is 17.6. The molecule has 0 N–H and O–H groups in total. The van der Waals surface area contributed by atoms with E-state index in [9.17, 15) is 33.2 Å². The highest BCUT2D eigenvalue weighted by atomic mass is 35.6. The molecule has 0 rings (SSSR count). The summed E-state index contributed by atoms with van der Waals surface area (Å²) >= 11 is 22.7. The molecular weight excluding hydrogens is 455 g/mol. The summed E-state index contributed by atoms with van der Waals surface area (Å²) in [6.45, 7) is 0. The minimum absolute atomic E-state index is 1.83. The molecule has 0 heterocycles. The van der Waals surface area contributed by atoms with Crippen LogP contribution in [0.3, 0.4) is 0 Å². The summed E-state index contributed by atoms with van der Waals surface area (Å²) in [6, 6.07) is 0. The molecule has 0 aliphatic carbocycles. The van der Waals surface area contributed by atoms with Crippen molar-refractivity contribution in [2.24, 2.45) is 0 Å². The van der Waals surface area contributed by atoms with Crippen LogP contribution in [0.5, 0.6) is 0 Å². The highest BCUT2D eigenvalue weighted by molar-refractivity contribution is 9.18. The molecule has 0 bridgehead atoms. The fourth-order valence-electron chi connectivity index (χ4n) is 0.561. The Balaban J connectivity index is 6.74. The number of alkyl halides is 8. The van der Waals surface area contributed by atoms with Gasteiger partial charge in [-0.3, -0.25) is 0 Å². The Hall–Kier alpha value is 1.68. The lowest BCUT2D eigenvalue weighted by atomic mass is 11.6. The monoisotopic (exact) mass is 454 g/mol. The van der Waals surface area contributed by atoms with Crippen molar-refractivity contribution >= 4 is 85.2 Å². The van der Waals surface area contributed by atoms with Gasteiger partial charge in [0.2, 0.25) is 0 Å². The van der Waals surface area contributed by atoms with Crippen molar-refractivity contribution in [3.05, 3.63) is 0 Å². The highest BCUT2D eigenvalue weighted by Gasteiger charge is 2.87. The van der Waals surface area contributed by atoms with Crippen molar-refractivity contribution < 1.29 is 33.2 Å². The van der Waals surface area contributed by atoms with Gasteiger partial charge < -0.3 is 0 Å². The number of halogens is 11. The maximum atomic E-state index is 13.8. The van der Waals surface area contributed by atoms with E-state index in [-0.39, 0.29) is 0 Å². The molecule has 0 unspecified atom stereocenters. The number of rotatable bonds is 3. The van der Waals surface area contributed by atoms with E-state index in [1.807, 2.05) is 0 Å². The van der Waals surface area contributed by atoms with Gasteiger partial charge in [0.15, 0.2) is 4.17 Å². The topological polar surface area (TPSA) is 34.1 Å². The third kappa shape index (κ3) is 2.71. The second-order valence-corrected chi connectivity index (χ2v) is 18.3. The van der Waals surface area contributed by atoms with Gasteiger partial charge in [0.25, 0.3) is 16.4 Å². The van der Waals surface area contributed by atoms with Gasteiger partial charge in [-0.15, -0.1) is 11.7 Å². The molecular formula is C3HCl5F6O2S3. The van der Waals surface area contributed by atoms with Crippen LogP contribution in [0.15, 0.2) is 0 Å². The first kappa shape index (κ1) is 20.7. The predicted molar refractivity (Wildman–Crippen MR) is 69.0 cm³/mol. The SMILES string of the molecule is O=S(F)(F)(C(Cl)(Cl)Cl)S(=O)(F)(SC(Cl)Cl)C(F)(F)F. The molecule has 0 aromatic carbocycles. The molecule has 0 spiro atoms. The molecule has 0 atom stereocenters. The molecule has 0 radical (unpaired) electrons. The molecule has 0 aromatic heterocycles. The highest BCUT2D eigenvalue weighted by Crippen LogP contribution is 2.76. The molecule has 0 fully saturated rings. The maximum absolute atomic E-state index is 13.8. The van der Waals surface area contributed by atoms with Gasteiger partial charge in [-0.05, 0) is 0 Å². The summed E-state index contributed by atoms with van der Waals surface area (Å²) in [7, 11) is -19.9. The van der Waals surface area contributed by atoms with E-state index >= 15 is 0 Å². The molecule has 0 amide bonds. The average molecular weight is 456 g/mol. The van der Waals surface area contributed by atoms with Crippen LogP contribution in [-0.2, 0) is 16.4 Å². The van der Waals surface area contributed by atoms with Crippen LogP contribution >= 0.6 is 68.8 Å². The zero-order chi connectivity index (χ0) is 16.2. The molecule has 0 aliphatic heterocycles. The van der Waals surface area contributed by atoms with Gasteiger partial charge in [-0.2, -0.15) is 13.2 Å². The summed E-state index contributed by atoms with van der Waals surface area (Å²) in [4.78, 5) is 0. The van der Waals surface area contributed by atoms with E-state index in [1.54, 1.807) is 0 Å². The zero-order valence-corrected chi connectivity index (χ0v) is 14.0. The number of hydrogen-bond donors (Lipinski definition) is 0. The van der Waals surface area contributed by atoms with Crippen molar-refractivity contribution in [3.8, 4) is 0 Å². The minimum atomic E-state index is -9.08. The van der Waals surface area contributed by atoms with Gasteiger partial charge in [-0.1, -0.05) is 58.0 Å². The minimum Gasteiger partial charge on any atom is -0.218 e. The predicted octanol–water partition coefficient (Wildman–Crippen LogP) is 5.45.